The number of carbonyl (C=O) groups excluding carboxylic acids is 4. The molecule has 0 unspecified atom stereocenters. The van der Waals surface area contributed by atoms with Gasteiger partial charge in [-0.2, -0.15) is 0 Å². The predicted octanol–water partition coefficient (Wildman–Crippen LogP) is 9.06. The molecule has 0 fully saturated rings. The molecule has 0 aliphatic carbocycles. The van der Waals surface area contributed by atoms with Crippen molar-refractivity contribution in [1.29, 1.82) is 0 Å². The highest BCUT2D eigenvalue weighted by Crippen LogP contribution is 2.26. The number of hydrogen-bond donors (Lipinski definition) is 2. The molecular formula is C42H32N2O5. The first-order valence-corrected chi connectivity index (χ1v) is 15.7. The van der Waals surface area contributed by atoms with Crippen LogP contribution in [-0.2, 0) is 0 Å². The zero-order chi connectivity index (χ0) is 34.3. The van der Waals surface area contributed by atoms with Gasteiger partial charge in [-0.1, -0.05) is 83.9 Å². The molecule has 6 aromatic rings. The maximum Gasteiger partial charge on any atom is 0.255 e. The van der Waals surface area contributed by atoms with E-state index in [1.165, 1.54) is 0 Å². The number of anilines is 2. The first-order valence-electron chi connectivity index (χ1n) is 15.7. The monoisotopic (exact) mass is 644 g/mol. The summed E-state index contributed by atoms with van der Waals surface area (Å²) in [5, 5.41) is 5.74. The van der Waals surface area contributed by atoms with Crippen LogP contribution in [0.1, 0.15) is 63.7 Å². The van der Waals surface area contributed by atoms with E-state index in [-0.39, 0.29) is 23.4 Å². The number of rotatable bonds is 10. The Kier molecular flexibility index (Phi) is 9.53. The van der Waals surface area contributed by atoms with Gasteiger partial charge in [0.2, 0.25) is 0 Å². The smallest absolute Gasteiger partial charge is 0.255 e. The first kappa shape index (κ1) is 32.3. The van der Waals surface area contributed by atoms with Gasteiger partial charge in [-0.15, -0.1) is 0 Å². The molecule has 0 heterocycles. The van der Waals surface area contributed by atoms with Crippen LogP contribution in [0.3, 0.4) is 0 Å². The highest BCUT2D eigenvalue weighted by molar-refractivity contribution is 6.16. The molecule has 7 heteroatoms. The second kappa shape index (κ2) is 14.4. The molecule has 240 valence electrons. The zero-order valence-electron chi connectivity index (χ0n) is 26.9. The fourth-order valence-corrected chi connectivity index (χ4v) is 5.27. The van der Waals surface area contributed by atoms with Crippen LogP contribution < -0.4 is 15.4 Å². The number of ketones is 2. The van der Waals surface area contributed by atoms with Crippen molar-refractivity contribution < 1.29 is 23.9 Å². The molecule has 2 amide bonds. The fraction of sp³-hybridized carbons (Fsp3) is 0.0476. The van der Waals surface area contributed by atoms with E-state index in [9.17, 15) is 19.2 Å². The van der Waals surface area contributed by atoms with Crippen LogP contribution in [-0.4, -0.2) is 23.4 Å². The molecule has 0 saturated heterocycles. The quantitative estimate of drug-likeness (QED) is 0.145. The van der Waals surface area contributed by atoms with Gasteiger partial charge in [-0.3, -0.25) is 19.2 Å². The highest BCUT2D eigenvalue weighted by Gasteiger charge is 2.18. The third kappa shape index (κ3) is 7.69. The molecule has 6 rings (SSSR count). The molecular weight excluding hydrogens is 612 g/mol. The molecule has 6 aromatic carbocycles. The topological polar surface area (TPSA) is 102 Å². The summed E-state index contributed by atoms with van der Waals surface area (Å²) >= 11 is 0. The van der Waals surface area contributed by atoms with E-state index < -0.39 is 0 Å². The van der Waals surface area contributed by atoms with E-state index in [0.717, 1.165) is 11.1 Å². The lowest BCUT2D eigenvalue weighted by molar-refractivity contribution is 0.101. The SMILES string of the molecule is Cc1ccc(NC(=O)c2ccc(Oc3ccc(C(=O)Nc4ccc(C)cc4C(=O)c4ccccc4)cc3)cc2)c(C(=O)c2ccccc2)c1. The summed E-state index contributed by atoms with van der Waals surface area (Å²) in [6, 6.07) is 41.8. The number of hydrogen-bond acceptors (Lipinski definition) is 5. The van der Waals surface area contributed by atoms with Crippen LogP contribution in [0, 0.1) is 13.8 Å². The number of nitrogens with one attached hydrogen (secondary N) is 2. The van der Waals surface area contributed by atoms with Crippen molar-refractivity contribution in [1.82, 2.24) is 0 Å². The van der Waals surface area contributed by atoms with Crippen molar-refractivity contribution in [3.63, 3.8) is 0 Å². The van der Waals surface area contributed by atoms with Crippen molar-refractivity contribution in [3.8, 4) is 11.5 Å². The average Bonchev–Trinajstić information content (AvgIpc) is 3.13. The van der Waals surface area contributed by atoms with Gasteiger partial charge in [-0.25, -0.2) is 0 Å². The van der Waals surface area contributed by atoms with E-state index in [1.54, 1.807) is 121 Å². The minimum Gasteiger partial charge on any atom is -0.457 e. The molecule has 49 heavy (non-hydrogen) atoms. The zero-order valence-corrected chi connectivity index (χ0v) is 26.9. The standard InChI is InChI=1S/C42H32N2O5/c1-27-13-23-37(35(25-27)39(45)29-9-5-3-6-10-29)43-41(47)31-15-19-33(20-16-31)49-34-21-17-32(18-22-34)42(48)44-38-24-14-28(2)26-36(38)40(46)30-11-7-4-8-12-30/h3-26H,1-2H3,(H,43,47)(H,44,48). The third-order valence-corrected chi connectivity index (χ3v) is 7.88. The Bertz CT molecular complexity index is 2000. The van der Waals surface area contributed by atoms with E-state index in [0.29, 0.717) is 56.3 Å². The van der Waals surface area contributed by atoms with Crippen LogP contribution in [0.4, 0.5) is 11.4 Å². The summed E-state index contributed by atoms with van der Waals surface area (Å²) in [7, 11) is 0. The minimum atomic E-state index is -0.366. The minimum absolute atomic E-state index is 0.176. The second-order valence-corrected chi connectivity index (χ2v) is 11.5. The largest absolute Gasteiger partial charge is 0.457 e. The lowest BCUT2D eigenvalue weighted by Crippen LogP contribution is -2.15. The van der Waals surface area contributed by atoms with Crippen LogP contribution in [0.2, 0.25) is 0 Å². The van der Waals surface area contributed by atoms with Crippen molar-refractivity contribution in [2.24, 2.45) is 0 Å². The molecule has 0 bridgehead atoms. The van der Waals surface area contributed by atoms with Gasteiger partial charge in [0.1, 0.15) is 11.5 Å². The van der Waals surface area contributed by atoms with Crippen LogP contribution >= 0.6 is 0 Å². The molecule has 0 spiro atoms. The highest BCUT2D eigenvalue weighted by atomic mass is 16.5. The molecule has 0 aromatic heterocycles. The average molecular weight is 645 g/mol. The van der Waals surface area contributed by atoms with Crippen molar-refractivity contribution in [2.45, 2.75) is 13.8 Å². The Labute approximate surface area is 284 Å². The number of amides is 2. The first-order chi connectivity index (χ1) is 23.7. The predicted molar refractivity (Wildman–Crippen MR) is 191 cm³/mol. The summed E-state index contributed by atoms with van der Waals surface area (Å²) in [4.78, 5) is 52.7. The van der Waals surface area contributed by atoms with Crippen molar-refractivity contribution in [3.05, 3.63) is 190 Å². The van der Waals surface area contributed by atoms with Crippen molar-refractivity contribution >= 4 is 34.8 Å². The Morgan fingerprint density at radius 3 is 1.16 bits per heavy atom. The number of aryl methyl sites for hydroxylation is 2. The van der Waals surface area contributed by atoms with Gasteiger partial charge in [0.15, 0.2) is 11.6 Å². The second-order valence-electron chi connectivity index (χ2n) is 11.5. The lowest BCUT2D eigenvalue weighted by Gasteiger charge is -2.13. The van der Waals surface area contributed by atoms with Gasteiger partial charge in [0.25, 0.3) is 11.8 Å². The van der Waals surface area contributed by atoms with Crippen LogP contribution in [0.5, 0.6) is 11.5 Å². The Hall–Kier alpha value is -6.60. The van der Waals surface area contributed by atoms with Crippen LogP contribution in [0.25, 0.3) is 0 Å². The fourth-order valence-electron chi connectivity index (χ4n) is 5.27. The molecule has 0 aliphatic rings. The van der Waals surface area contributed by atoms with Gasteiger partial charge in [0.05, 0.1) is 11.4 Å². The molecule has 7 nitrogen and oxygen atoms in total. The van der Waals surface area contributed by atoms with Gasteiger partial charge >= 0.3 is 0 Å². The summed E-state index contributed by atoms with van der Waals surface area (Å²) in [6.07, 6.45) is 0. The maximum absolute atomic E-state index is 13.2. The van der Waals surface area contributed by atoms with E-state index in [4.69, 9.17) is 4.74 Å². The summed E-state index contributed by atoms with van der Waals surface area (Å²) in [5.41, 5.74) is 5.34. The summed E-state index contributed by atoms with van der Waals surface area (Å²) in [6.45, 7) is 3.79. The summed E-state index contributed by atoms with van der Waals surface area (Å²) < 4.78 is 5.96. The number of carbonyl (C=O) groups is 4. The van der Waals surface area contributed by atoms with Gasteiger partial charge < -0.3 is 15.4 Å². The van der Waals surface area contributed by atoms with Gasteiger partial charge in [-0.05, 0) is 86.6 Å². The van der Waals surface area contributed by atoms with E-state index in [2.05, 4.69) is 10.6 Å². The third-order valence-electron chi connectivity index (χ3n) is 7.88. The van der Waals surface area contributed by atoms with Crippen molar-refractivity contribution in [2.75, 3.05) is 10.6 Å². The summed E-state index contributed by atoms with van der Waals surface area (Å²) in [5.74, 6) is -0.0968. The molecule has 2 N–H and O–H groups in total. The molecule has 0 saturated carbocycles. The Morgan fingerprint density at radius 1 is 0.429 bits per heavy atom. The number of benzene rings is 6. The van der Waals surface area contributed by atoms with Crippen LogP contribution in [0.15, 0.2) is 146 Å². The van der Waals surface area contributed by atoms with E-state index >= 15 is 0 Å². The van der Waals surface area contributed by atoms with E-state index in [1.807, 2.05) is 38.1 Å². The lowest BCUT2D eigenvalue weighted by atomic mass is 9.99. The molecule has 0 radical (unpaired) electrons. The van der Waals surface area contributed by atoms with Gasteiger partial charge in [0, 0.05) is 33.4 Å². The number of ether oxygens (including phenoxy) is 1. The normalized spacial score (nSPS) is 10.6. The Balaban J connectivity index is 1.10. The molecule has 0 aliphatic heterocycles. The maximum atomic E-state index is 13.2. The Morgan fingerprint density at radius 2 is 0.796 bits per heavy atom. The molecule has 0 atom stereocenters.